The Morgan fingerprint density at radius 2 is 2.26 bits per heavy atom. The first-order chi connectivity index (χ1) is 8.91. The van der Waals surface area contributed by atoms with E-state index in [2.05, 4.69) is 20.8 Å². The highest BCUT2D eigenvalue weighted by Crippen LogP contribution is 2.24. The van der Waals surface area contributed by atoms with Gasteiger partial charge in [-0.1, -0.05) is 11.3 Å². The molecule has 0 radical (unpaired) electrons. The van der Waals surface area contributed by atoms with E-state index in [1.54, 1.807) is 0 Å². The molecule has 0 aromatic carbocycles. The van der Waals surface area contributed by atoms with Gasteiger partial charge >= 0.3 is 0 Å². The predicted octanol–water partition coefficient (Wildman–Crippen LogP) is -0.521. The Morgan fingerprint density at radius 3 is 2.89 bits per heavy atom. The van der Waals surface area contributed by atoms with E-state index in [0.29, 0.717) is 19.6 Å². The SMILES string of the molecule is CC(=O)Nc1nnc(S(=O)(=O)N2CCNC[C@H]2C)s1. The molecule has 106 valence electrons. The molecule has 10 heteroatoms. The molecule has 2 N–H and O–H groups in total. The lowest BCUT2D eigenvalue weighted by atomic mass is 10.3. The number of aromatic nitrogens is 2. The first-order valence-electron chi connectivity index (χ1n) is 5.75. The minimum Gasteiger partial charge on any atom is -0.314 e. The van der Waals surface area contributed by atoms with E-state index in [0.717, 1.165) is 11.3 Å². The molecule has 1 saturated heterocycles. The topological polar surface area (TPSA) is 104 Å². The summed E-state index contributed by atoms with van der Waals surface area (Å²) in [5.41, 5.74) is 0. The molecule has 0 aliphatic carbocycles. The second-order valence-corrected chi connectivity index (χ2v) is 7.26. The Hall–Kier alpha value is -1.10. The fourth-order valence-electron chi connectivity index (χ4n) is 1.79. The number of anilines is 1. The molecule has 2 rings (SSSR count). The van der Waals surface area contributed by atoms with Crippen LogP contribution >= 0.6 is 11.3 Å². The van der Waals surface area contributed by atoms with Crippen molar-refractivity contribution in [1.29, 1.82) is 0 Å². The van der Waals surface area contributed by atoms with Crippen LogP contribution in [0.3, 0.4) is 0 Å². The summed E-state index contributed by atoms with van der Waals surface area (Å²) in [6, 6.07) is -0.133. The average Bonchev–Trinajstić information content (AvgIpc) is 2.77. The Balaban J connectivity index is 2.23. The van der Waals surface area contributed by atoms with Crippen LogP contribution in [0.2, 0.25) is 0 Å². The molecule has 1 aliphatic rings. The summed E-state index contributed by atoms with van der Waals surface area (Å²) < 4.78 is 26.1. The van der Waals surface area contributed by atoms with Crippen molar-refractivity contribution >= 4 is 32.4 Å². The van der Waals surface area contributed by atoms with E-state index in [1.807, 2.05) is 6.92 Å². The van der Waals surface area contributed by atoms with Crippen molar-refractivity contribution in [2.75, 3.05) is 25.0 Å². The van der Waals surface area contributed by atoms with Crippen molar-refractivity contribution in [3.63, 3.8) is 0 Å². The minimum absolute atomic E-state index is 0.0926. The van der Waals surface area contributed by atoms with Crippen LogP contribution < -0.4 is 10.6 Å². The van der Waals surface area contributed by atoms with Gasteiger partial charge < -0.3 is 10.6 Å². The van der Waals surface area contributed by atoms with Crippen LogP contribution in [0, 0.1) is 0 Å². The lowest BCUT2D eigenvalue weighted by Gasteiger charge is -2.31. The molecular weight excluding hydrogens is 290 g/mol. The van der Waals surface area contributed by atoms with Crippen molar-refractivity contribution in [1.82, 2.24) is 19.8 Å². The van der Waals surface area contributed by atoms with Crippen molar-refractivity contribution in [3.8, 4) is 0 Å². The third kappa shape index (κ3) is 3.08. The Labute approximate surface area is 115 Å². The predicted molar refractivity (Wildman–Crippen MR) is 70.4 cm³/mol. The van der Waals surface area contributed by atoms with Crippen molar-refractivity contribution in [2.24, 2.45) is 0 Å². The van der Waals surface area contributed by atoms with Crippen LogP contribution in [0.4, 0.5) is 5.13 Å². The van der Waals surface area contributed by atoms with Crippen LogP contribution in [0.25, 0.3) is 0 Å². The molecule has 1 aliphatic heterocycles. The summed E-state index contributed by atoms with van der Waals surface area (Å²) in [5.74, 6) is -0.310. The van der Waals surface area contributed by atoms with E-state index >= 15 is 0 Å². The molecule has 0 unspecified atom stereocenters. The zero-order chi connectivity index (χ0) is 14.0. The quantitative estimate of drug-likeness (QED) is 0.728. The number of hydrogen-bond acceptors (Lipinski definition) is 7. The molecule has 8 nitrogen and oxygen atoms in total. The van der Waals surface area contributed by atoms with E-state index in [1.165, 1.54) is 11.2 Å². The van der Waals surface area contributed by atoms with Gasteiger partial charge in [-0.2, -0.15) is 4.31 Å². The van der Waals surface area contributed by atoms with E-state index < -0.39 is 10.0 Å². The minimum atomic E-state index is -3.64. The highest BCUT2D eigenvalue weighted by molar-refractivity contribution is 7.91. The maximum atomic E-state index is 12.4. The third-order valence-electron chi connectivity index (χ3n) is 2.66. The molecule has 0 saturated carbocycles. The smallest absolute Gasteiger partial charge is 0.272 e. The van der Waals surface area contributed by atoms with Gasteiger partial charge in [0.2, 0.25) is 15.4 Å². The number of hydrogen-bond donors (Lipinski definition) is 2. The van der Waals surface area contributed by atoms with Crippen LogP contribution in [-0.4, -0.2) is 54.5 Å². The number of amides is 1. The summed E-state index contributed by atoms with van der Waals surface area (Å²) in [4.78, 5) is 10.9. The summed E-state index contributed by atoms with van der Waals surface area (Å²) in [6.07, 6.45) is 0. The van der Waals surface area contributed by atoms with Gasteiger partial charge in [-0.15, -0.1) is 10.2 Å². The first-order valence-corrected chi connectivity index (χ1v) is 8.00. The Bertz CT molecular complexity index is 570. The number of piperazine rings is 1. The van der Waals surface area contributed by atoms with Crippen LogP contribution in [0.5, 0.6) is 0 Å². The van der Waals surface area contributed by atoms with Gasteiger partial charge in [-0.05, 0) is 6.92 Å². The molecular formula is C9H15N5O3S2. The van der Waals surface area contributed by atoms with E-state index in [9.17, 15) is 13.2 Å². The maximum absolute atomic E-state index is 12.4. The number of rotatable bonds is 3. The van der Waals surface area contributed by atoms with Gasteiger partial charge in [0.25, 0.3) is 10.0 Å². The number of carbonyl (C=O) groups excluding carboxylic acids is 1. The molecule has 2 heterocycles. The van der Waals surface area contributed by atoms with Crippen molar-refractivity contribution < 1.29 is 13.2 Å². The van der Waals surface area contributed by atoms with Gasteiger partial charge in [0.15, 0.2) is 0 Å². The fourth-order valence-corrected chi connectivity index (χ4v) is 4.49. The molecule has 1 aromatic rings. The second kappa shape index (κ2) is 5.49. The second-order valence-electron chi connectivity index (χ2n) is 4.22. The van der Waals surface area contributed by atoms with Crippen LogP contribution in [0.1, 0.15) is 13.8 Å². The molecule has 0 spiro atoms. The van der Waals surface area contributed by atoms with Crippen LogP contribution in [0.15, 0.2) is 4.34 Å². The van der Waals surface area contributed by atoms with E-state index in [-0.39, 0.29) is 21.4 Å². The van der Waals surface area contributed by atoms with Gasteiger partial charge in [0.1, 0.15) is 0 Å². The average molecular weight is 305 g/mol. The molecule has 1 fully saturated rings. The zero-order valence-electron chi connectivity index (χ0n) is 10.6. The lowest BCUT2D eigenvalue weighted by Crippen LogP contribution is -2.52. The van der Waals surface area contributed by atoms with Gasteiger partial charge in [0, 0.05) is 32.6 Å². The lowest BCUT2D eigenvalue weighted by molar-refractivity contribution is -0.114. The number of carbonyl (C=O) groups is 1. The standard InChI is InChI=1S/C9H15N5O3S2/c1-6-5-10-3-4-14(6)19(16,17)9-13-12-8(18-9)11-7(2)15/h6,10H,3-5H2,1-2H3,(H,11,12,15)/t6-/m1/s1. The normalized spacial score (nSPS) is 21.3. The first kappa shape index (κ1) is 14.3. The summed E-state index contributed by atoms with van der Waals surface area (Å²) in [5, 5.41) is 13.0. The van der Waals surface area contributed by atoms with Gasteiger partial charge in [-0.3, -0.25) is 4.79 Å². The molecule has 1 atom stereocenters. The monoisotopic (exact) mass is 305 g/mol. The Kier molecular flexibility index (Phi) is 4.13. The highest BCUT2D eigenvalue weighted by atomic mass is 32.2. The number of nitrogens with one attached hydrogen (secondary N) is 2. The van der Waals surface area contributed by atoms with Crippen LogP contribution in [-0.2, 0) is 14.8 Å². The summed E-state index contributed by atoms with van der Waals surface area (Å²) in [7, 11) is -3.64. The highest BCUT2D eigenvalue weighted by Gasteiger charge is 2.33. The Morgan fingerprint density at radius 1 is 1.53 bits per heavy atom. The summed E-state index contributed by atoms with van der Waals surface area (Å²) in [6.45, 7) is 4.78. The number of sulfonamides is 1. The van der Waals surface area contributed by atoms with Gasteiger partial charge in [0.05, 0.1) is 0 Å². The maximum Gasteiger partial charge on any atom is 0.272 e. The molecule has 19 heavy (non-hydrogen) atoms. The van der Waals surface area contributed by atoms with Crippen molar-refractivity contribution in [2.45, 2.75) is 24.2 Å². The summed E-state index contributed by atoms with van der Waals surface area (Å²) >= 11 is 0.860. The molecule has 1 aromatic heterocycles. The van der Waals surface area contributed by atoms with Gasteiger partial charge in [-0.25, -0.2) is 8.42 Å². The zero-order valence-corrected chi connectivity index (χ0v) is 12.2. The van der Waals surface area contributed by atoms with E-state index in [4.69, 9.17) is 0 Å². The largest absolute Gasteiger partial charge is 0.314 e. The third-order valence-corrected chi connectivity index (χ3v) is 5.86. The van der Waals surface area contributed by atoms with Crippen molar-refractivity contribution in [3.05, 3.63) is 0 Å². The molecule has 0 bridgehead atoms. The molecule has 1 amide bonds. The fraction of sp³-hybridized carbons (Fsp3) is 0.667. The number of nitrogens with zero attached hydrogens (tertiary/aromatic N) is 3.